The summed E-state index contributed by atoms with van der Waals surface area (Å²) >= 11 is 0. The first-order chi connectivity index (χ1) is 11.0. The van der Waals surface area contributed by atoms with Gasteiger partial charge in [0.25, 0.3) is 0 Å². The molecule has 1 aliphatic heterocycles. The Kier molecular flexibility index (Phi) is 6.46. The number of unbranched alkanes of at least 4 members (excludes halogenated alkanes) is 1. The van der Waals surface area contributed by atoms with E-state index in [1.54, 1.807) is 12.1 Å². The van der Waals surface area contributed by atoms with E-state index in [2.05, 4.69) is 32.7 Å². The van der Waals surface area contributed by atoms with Crippen LogP contribution in [0.15, 0.2) is 24.3 Å². The third-order valence-electron chi connectivity index (χ3n) is 4.65. The number of likely N-dealkylation sites (tertiary alicyclic amines) is 1. The summed E-state index contributed by atoms with van der Waals surface area (Å²) in [7, 11) is 2.12. The number of piperidine rings is 1. The molecule has 0 aliphatic carbocycles. The topological polar surface area (TPSA) is 38.8 Å². The van der Waals surface area contributed by atoms with Crippen LogP contribution in [0.4, 0.5) is 0 Å². The van der Waals surface area contributed by atoms with Crippen LogP contribution in [0.3, 0.4) is 0 Å². The van der Waals surface area contributed by atoms with E-state index in [0.717, 1.165) is 31.6 Å². The fraction of sp³-hybridized carbons (Fsp3) is 0.632. The van der Waals surface area contributed by atoms with Crippen molar-refractivity contribution in [3.63, 3.8) is 0 Å². The van der Waals surface area contributed by atoms with Crippen LogP contribution >= 0.6 is 0 Å². The van der Waals surface area contributed by atoms with Crippen LogP contribution in [0, 0.1) is 5.92 Å². The molecule has 1 aromatic carbocycles. The SMILES string of the molecule is CCCCOc1ccc(C(=O)O[C@@H]2C[C@H](C)N(C)C[C@@H]2C)cc1. The number of rotatable bonds is 6. The predicted octanol–water partition coefficient (Wildman–Crippen LogP) is 3.75. The maximum absolute atomic E-state index is 12.3. The number of hydrogen-bond donors (Lipinski definition) is 0. The third-order valence-corrected chi connectivity index (χ3v) is 4.65. The normalized spacial score (nSPS) is 25.1. The Bertz CT molecular complexity index is 500. The molecule has 1 heterocycles. The number of nitrogens with zero attached hydrogens (tertiary/aromatic N) is 1. The first kappa shape index (κ1) is 17.8. The van der Waals surface area contributed by atoms with Crippen molar-refractivity contribution >= 4 is 5.97 Å². The summed E-state index contributed by atoms with van der Waals surface area (Å²) in [6.45, 7) is 8.13. The smallest absolute Gasteiger partial charge is 0.338 e. The lowest BCUT2D eigenvalue weighted by Crippen LogP contribution is -2.46. The van der Waals surface area contributed by atoms with Gasteiger partial charge in [-0.25, -0.2) is 4.79 Å². The van der Waals surface area contributed by atoms with Crippen molar-refractivity contribution in [2.24, 2.45) is 5.92 Å². The molecule has 0 radical (unpaired) electrons. The van der Waals surface area contributed by atoms with Gasteiger partial charge in [-0.15, -0.1) is 0 Å². The van der Waals surface area contributed by atoms with Gasteiger partial charge in [0.05, 0.1) is 12.2 Å². The van der Waals surface area contributed by atoms with Crippen LogP contribution in [0.25, 0.3) is 0 Å². The van der Waals surface area contributed by atoms with Gasteiger partial charge in [-0.2, -0.15) is 0 Å². The van der Waals surface area contributed by atoms with E-state index in [0.29, 0.717) is 24.1 Å². The number of esters is 1. The molecule has 3 atom stereocenters. The van der Waals surface area contributed by atoms with Crippen molar-refractivity contribution < 1.29 is 14.3 Å². The molecule has 1 aromatic rings. The van der Waals surface area contributed by atoms with Crippen LogP contribution in [-0.2, 0) is 4.74 Å². The van der Waals surface area contributed by atoms with Crippen LogP contribution < -0.4 is 4.74 Å². The Morgan fingerprint density at radius 1 is 1.26 bits per heavy atom. The predicted molar refractivity (Wildman–Crippen MR) is 91.9 cm³/mol. The van der Waals surface area contributed by atoms with Gasteiger partial charge in [0, 0.05) is 18.5 Å². The number of carbonyl (C=O) groups excluding carboxylic acids is 1. The van der Waals surface area contributed by atoms with Gasteiger partial charge >= 0.3 is 5.97 Å². The molecule has 4 heteroatoms. The second-order valence-electron chi connectivity index (χ2n) is 6.67. The minimum atomic E-state index is -0.237. The Morgan fingerprint density at radius 2 is 1.96 bits per heavy atom. The van der Waals surface area contributed by atoms with E-state index in [1.165, 1.54) is 0 Å². The zero-order chi connectivity index (χ0) is 16.8. The van der Waals surface area contributed by atoms with E-state index in [9.17, 15) is 4.79 Å². The molecular formula is C19H29NO3. The number of ether oxygens (including phenoxy) is 2. The van der Waals surface area contributed by atoms with E-state index in [1.807, 2.05) is 12.1 Å². The highest BCUT2D eigenvalue weighted by molar-refractivity contribution is 5.89. The fourth-order valence-electron chi connectivity index (χ4n) is 2.89. The van der Waals surface area contributed by atoms with Crippen molar-refractivity contribution in [3.05, 3.63) is 29.8 Å². The molecule has 1 aliphatic rings. The molecule has 4 nitrogen and oxygen atoms in total. The molecule has 0 bridgehead atoms. The summed E-state index contributed by atoms with van der Waals surface area (Å²) in [5, 5.41) is 0. The van der Waals surface area contributed by atoms with Gasteiger partial charge in [0.2, 0.25) is 0 Å². The standard InChI is InChI=1S/C19H29NO3/c1-5-6-11-22-17-9-7-16(8-10-17)19(21)23-18-12-15(3)20(4)13-14(18)2/h7-10,14-15,18H,5-6,11-13H2,1-4H3/t14-,15-,18+/m0/s1. The number of hydrogen-bond acceptors (Lipinski definition) is 4. The van der Waals surface area contributed by atoms with Crippen molar-refractivity contribution in [1.29, 1.82) is 0 Å². The van der Waals surface area contributed by atoms with Crippen molar-refractivity contribution in [1.82, 2.24) is 4.90 Å². The zero-order valence-corrected chi connectivity index (χ0v) is 14.7. The monoisotopic (exact) mass is 319 g/mol. The molecule has 0 spiro atoms. The summed E-state index contributed by atoms with van der Waals surface area (Å²) in [6.07, 6.45) is 3.03. The lowest BCUT2D eigenvalue weighted by molar-refractivity contribution is -0.0196. The molecule has 23 heavy (non-hydrogen) atoms. The molecule has 0 amide bonds. The minimum absolute atomic E-state index is 0.00539. The quantitative estimate of drug-likeness (QED) is 0.591. The molecular weight excluding hydrogens is 290 g/mol. The van der Waals surface area contributed by atoms with Crippen LogP contribution in [-0.4, -0.2) is 43.2 Å². The molecule has 1 saturated heterocycles. The highest BCUT2D eigenvalue weighted by Crippen LogP contribution is 2.24. The third kappa shape index (κ3) is 4.96. The molecule has 2 rings (SSSR count). The van der Waals surface area contributed by atoms with E-state index in [-0.39, 0.29) is 12.1 Å². The average Bonchev–Trinajstić information content (AvgIpc) is 2.53. The van der Waals surface area contributed by atoms with Gasteiger partial charge in [0.1, 0.15) is 11.9 Å². The van der Waals surface area contributed by atoms with E-state index in [4.69, 9.17) is 9.47 Å². The van der Waals surface area contributed by atoms with Crippen molar-refractivity contribution in [2.75, 3.05) is 20.2 Å². The Hall–Kier alpha value is -1.55. The van der Waals surface area contributed by atoms with Crippen molar-refractivity contribution in [2.45, 2.75) is 52.2 Å². The van der Waals surface area contributed by atoms with Crippen LogP contribution in [0.5, 0.6) is 5.75 Å². The molecule has 0 N–H and O–H groups in total. The first-order valence-electron chi connectivity index (χ1n) is 8.65. The summed E-state index contributed by atoms with van der Waals surface area (Å²) < 4.78 is 11.4. The van der Waals surface area contributed by atoms with Gasteiger partial charge < -0.3 is 14.4 Å². The Balaban J connectivity index is 1.90. The minimum Gasteiger partial charge on any atom is -0.494 e. The summed E-state index contributed by atoms with van der Waals surface area (Å²) in [4.78, 5) is 14.7. The van der Waals surface area contributed by atoms with Crippen molar-refractivity contribution in [3.8, 4) is 5.75 Å². The largest absolute Gasteiger partial charge is 0.494 e. The van der Waals surface area contributed by atoms with E-state index < -0.39 is 0 Å². The number of carbonyl (C=O) groups is 1. The Morgan fingerprint density at radius 3 is 2.61 bits per heavy atom. The second-order valence-corrected chi connectivity index (χ2v) is 6.67. The maximum Gasteiger partial charge on any atom is 0.338 e. The molecule has 128 valence electrons. The second kappa shape index (κ2) is 8.34. The van der Waals surface area contributed by atoms with Gasteiger partial charge in [-0.1, -0.05) is 20.3 Å². The number of benzene rings is 1. The summed E-state index contributed by atoms with van der Waals surface area (Å²) in [6, 6.07) is 7.69. The van der Waals surface area contributed by atoms with Crippen LogP contribution in [0.1, 0.15) is 50.4 Å². The highest BCUT2D eigenvalue weighted by atomic mass is 16.5. The van der Waals surface area contributed by atoms with Gasteiger partial charge in [-0.05, 0) is 51.1 Å². The maximum atomic E-state index is 12.3. The Labute approximate surface area is 139 Å². The van der Waals surface area contributed by atoms with Crippen LogP contribution in [0.2, 0.25) is 0 Å². The molecule has 0 unspecified atom stereocenters. The summed E-state index contributed by atoms with van der Waals surface area (Å²) in [5.74, 6) is 0.923. The van der Waals surface area contributed by atoms with Gasteiger partial charge in [-0.3, -0.25) is 0 Å². The van der Waals surface area contributed by atoms with E-state index >= 15 is 0 Å². The molecule has 0 aromatic heterocycles. The zero-order valence-electron chi connectivity index (χ0n) is 14.7. The highest BCUT2D eigenvalue weighted by Gasteiger charge is 2.31. The summed E-state index contributed by atoms with van der Waals surface area (Å²) in [5.41, 5.74) is 0.589. The fourth-order valence-corrected chi connectivity index (χ4v) is 2.89. The first-order valence-corrected chi connectivity index (χ1v) is 8.65. The molecule has 0 saturated carbocycles. The lowest BCUT2D eigenvalue weighted by atomic mass is 9.92. The van der Waals surface area contributed by atoms with Gasteiger partial charge in [0.15, 0.2) is 0 Å². The average molecular weight is 319 g/mol. The lowest BCUT2D eigenvalue weighted by Gasteiger charge is -2.39. The molecule has 1 fully saturated rings.